The number of quaternary nitrogens is 1. The van der Waals surface area contributed by atoms with Gasteiger partial charge >= 0.3 is 0 Å². The number of halogens is 1. The van der Waals surface area contributed by atoms with E-state index in [1.165, 1.54) is 24.9 Å². The maximum atomic E-state index is 5.76. The molecule has 0 bridgehead atoms. The Morgan fingerprint density at radius 2 is 2.11 bits per heavy atom. The van der Waals surface area contributed by atoms with Crippen LogP contribution in [0.4, 0.5) is 0 Å². The maximum Gasteiger partial charge on any atom is 0.133 e. The van der Waals surface area contributed by atoms with Crippen molar-refractivity contribution in [1.82, 2.24) is 0 Å². The van der Waals surface area contributed by atoms with Crippen molar-refractivity contribution in [3.63, 3.8) is 0 Å². The van der Waals surface area contributed by atoms with E-state index in [4.69, 9.17) is 4.74 Å². The van der Waals surface area contributed by atoms with Crippen LogP contribution >= 0.6 is 15.9 Å². The number of hydrogen-bond donors (Lipinski definition) is 1. The van der Waals surface area contributed by atoms with Gasteiger partial charge in [-0.3, -0.25) is 0 Å². The van der Waals surface area contributed by atoms with Gasteiger partial charge in [0.2, 0.25) is 0 Å². The Balaban J connectivity index is 2.14. The van der Waals surface area contributed by atoms with Gasteiger partial charge in [-0.05, 0) is 66.7 Å². The zero-order valence-corrected chi connectivity index (χ0v) is 13.3. The van der Waals surface area contributed by atoms with E-state index in [1.807, 2.05) is 6.07 Å². The minimum Gasteiger partial charge on any atom is -0.492 e. The summed E-state index contributed by atoms with van der Waals surface area (Å²) in [4.78, 5) is 0. The van der Waals surface area contributed by atoms with E-state index in [1.54, 1.807) is 0 Å². The topological polar surface area (TPSA) is 25.8 Å². The highest BCUT2D eigenvalue weighted by Crippen LogP contribution is 2.25. The van der Waals surface area contributed by atoms with Gasteiger partial charge in [0.1, 0.15) is 5.75 Å². The summed E-state index contributed by atoms with van der Waals surface area (Å²) in [6.07, 6.45) is 3.58. The molecule has 0 aliphatic carbocycles. The Hall–Kier alpha value is -0.540. The SMILES string of the molecule is CC[C@H](C)[NH2+]CCCCOc1ccc(C)cc1Br. The van der Waals surface area contributed by atoms with Crippen LogP contribution in [0.1, 0.15) is 38.7 Å². The molecule has 1 aromatic rings. The first-order valence-corrected chi connectivity index (χ1v) is 7.65. The molecule has 0 unspecified atom stereocenters. The van der Waals surface area contributed by atoms with E-state index in [0.717, 1.165) is 29.3 Å². The Bertz CT molecular complexity index is 354. The Morgan fingerprint density at radius 3 is 2.78 bits per heavy atom. The molecule has 0 saturated carbocycles. The molecular weight excluding hydrogens is 290 g/mol. The van der Waals surface area contributed by atoms with Crippen molar-refractivity contribution in [2.45, 2.75) is 46.1 Å². The average molecular weight is 315 g/mol. The first-order valence-electron chi connectivity index (χ1n) is 6.85. The number of hydrogen-bond acceptors (Lipinski definition) is 1. The van der Waals surface area contributed by atoms with E-state index >= 15 is 0 Å². The first kappa shape index (κ1) is 15.5. The molecular formula is C15H25BrNO+. The van der Waals surface area contributed by atoms with Gasteiger partial charge in [0.05, 0.1) is 23.7 Å². The van der Waals surface area contributed by atoms with Crippen molar-refractivity contribution in [3.05, 3.63) is 28.2 Å². The van der Waals surface area contributed by atoms with E-state index in [-0.39, 0.29) is 0 Å². The zero-order valence-electron chi connectivity index (χ0n) is 11.7. The van der Waals surface area contributed by atoms with Gasteiger partial charge in [0.15, 0.2) is 0 Å². The normalized spacial score (nSPS) is 12.4. The van der Waals surface area contributed by atoms with Crippen LogP contribution in [0, 0.1) is 6.92 Å². The van der Waals surface area contributed by atoms with Crippen molar-refractivity contribution in [2.75, 3.05) is 13.2 Å². The lowest BCUT2D eigenvalue weighted by molar-refractivity contribution is -0.686. The van der Waals surface area contributed by atoms with Gasteiger partial charge in [0.25, 0.3) is 0 Å². The fourth-order valence-corrected chi connectivity index (χ4v) is 2.33. The van der Waals surface area contributed by atoms with Gasteiger partial charge < -0.3 is 10.1 Å². The highest BCUT2D eigenvalue weighted by atomic mass is 79.9. The predicted molar refractivity (Wildman–Crippen MR) is 80.2 cm³/mol. The number of aryl methyl sites for hydroxylation is 1. The highest BCUT2D eigenvalue weighted by molar-refractivity contribution is 9.10. The number of ether oxygens (including phenoxy) is 1. The van der Waals surface area contributed by atoms with Gasteiger partial charge in [-0.15, -0.1) is 0 Å². The molecule has 0 aliphatic heterocycles. The van der Waals surface area contributed by atoms with Crippen LogP contribution in [0.15, 0.2) is 22.7 Å². The number of rotatable bonds is 8. The van der Waals surface area contributed by atoms with Crippen molar-refractivity contribution in [1.29, 1.82) is 0 Å². The molecule has 0 amide bonds. The Labute approximate surface area is 119 Å². The zero-order chi connectivity index (χ0) is 13.4. The molecule has 1 aromatic carbocycles. The maximum absolute atomic E-state index is 5.76. The van der Waals surface area contributed by atoms with Crippen LogP contribution in [0.3, 0.4) is 0 Å². The van der Waals surface area contributed by atoms with E-state index in [9.17, 15) is 0 Å². The second-order valence-electron chi connectivity index (χ2n) is 4.90. The van der Waals surface area contributed by atoms with Crippen molar-refractivity contribution in [2.24, 2.45) is 0 Å². The third-order valence-electron chi connectivity index (χ3n) is 3.16. The predicted octanol–water partition coefficient (Wildman–Crippen LogP) is 3.28. The molecule has 3 heteroatoms. The Kier molecular flexibility index (Phi) is 7.36. The summed E-state index contributed by atoms with van der Waals surface area (Å²) in [6.45, 7) is 8.60. The van der Waals surface area contributed by atoms with Gasteiger partial charge in [-0.1, -0.05) is 13.0 Å². The number of nitrogens with two attached hydrogens (primary N) is 1. The summed E-state index contributed by atoms with van der Waals surface area (Å²) >= 11 is 3.53. The molecule has 18 heavy (non-hydrogen) atoms. The summed E-state index contributed by atoms with van der Waals surface area (Å²) in [5.74, 6) is 0.950. The third kappa shape index (κ3) is 5.87. The quantitative estimate of drug-likeness (QED) is 0.732. The van der Waals surface area contributed by atoms with Gasteiger partial charge in [-0.2, -0.15) is 0 Å². The molecule has 0 spiro atoms. The fourth-order valence-electron chi connectivity index (χ4n) is 1.72. The van der Waals surface area contributed by atoms with E-state index < -0.39 is 0 Å². The van der Waals surface area contributed by atoms with Crippen molar-refractivity contribution in [3.8, 4) is 5.75 Å². The first-order chi connectivity index (χ1) is 8.63. The lowest BCUT2D eigenvalue weighted by Gasteiger charge is -2.10. The molecule has 2 nitrogen and oxygen atoms in total. The number of unbranched alkanes of at least 4 members (excludes halogenated alkanes) is 1. The van der Waals surface area contributed by atoms with Crippen LogP contribution in [0.2, 0.25) is 0 Å². The van der Waals surface area contributed by atoms with E-state index in [0.29, 0.717) is 0 Å². The van der Waals surface area contributed by atoms with Crippen LogP contribution in [-0.2, 0) is 0 Å². The smallest absolute Gasteiger partial charge is 0.133 e. The van der Waals surface area contributed by atoms with Crippen molar-refractivity contribution >= 4 is 15.9 Å². The molecule has 2 N–H and O–H groups in total. The molecule has 1 rings (SSSR count). The lowest BCUT2D eigenvalue weighted by atomic mass is 10.2. The molecule has 0 radical (unpaired) electrons. The lowest BCUT2D eigenvalue weighted by Crippen LogP contribution is -2.89. The molecule has 0 aliphatic rings. The van der Waals surface area contributed by atoms with Crippen LogP contribution in [0.5, 0.6) is 5.75 Å². The largest absolute Gasteiger partial charge is 0.492 e. The average Bonchev–Trinajstić information content (AvgIpc) is 2.35. The fraction of sp³-hybridized carbons (Fsp3) is 0.600. The minimum atomic E-state index is 0.747. The molecule has 102 valence electrons. The standard InChI is InChI=1S/C15H24BrNO/c1-4-13(3)17-9-5-6-10-18-15-8-7-12(2)11-14(15)16/h7-8,11,13,17H,4-6,9-10H2,1-3H3/p+1/t13-/m0/s1. The Morgan fingerprint density at radius 1 is 1.33 bits per heavy atom. The molecule has 0 saturated heterocycles. The summed E-state index contributed by atoms with van der Waals surface area (Å²) in [6, 6.07) is 6.95. The van der Waals surface area contributed by atoms with Crippen LogP contribution in [0.25, 0.3) is 0 Å². The molecule has 0 aromatic heterocycles. The van der Waals surface area contributed by atoms with Crippen molar-refractivity contribution < 1.29 is 10.1 Å². The van der Waals surface area contributed by atoms with Crippen LogP contribution < -0.4 is 10.1 Å². The minimum absolute atomic E-state index is 0.747. The molecule has 1 atom stereocenters. The summed E-state index contributed by atoms with van der Waals surface area (Å²) < 4.78 is 6.81. The number of benzene rings is 1. The van der Waals surface area contributed by atoms with Crippen LogP contribution in [-0.4, -0.2) is 19.2 Å². The van der Waals surface area contributed by atoms with Gasteiger partial charge in [0, 0.05) is 0 Å². The third-order valence-corrected chi connectivity index (χ3v) is 3.78. The molecule has 0 fully saturated rings. The monoisotopic (exact) mass is 314 g/mol. The molecule has 0 heterocycles. The van der Waals surface area contributed by atoms with E-state index in [2.05, 4.69) is 54.2 Å². The summed E-state index contributed by atoms with van der Waals surface area (Å²) in [7, 11) is 0. The second-order valence-corrected chi connectivity index (χ2v) is 5.75. The van der Waals surface area contributed by atoms with Gasteiger partial charge in [-0.25, -0.2) is 0 Å². The second kappa shape index (κ2) is 8.54. The summed E-state index contributed by atoms with van der Waals surface area (Å²) in [5, 5.41) is 2.42. The summed E-state index contributed by atoms with van der Waals surface area (Å²) in [5.41, 5.74) is 1.25. The highest BCUT2D eigenvalue weighted by Gasteiger charge is 2.02.